The normalized spacial score (nSPS) is 14.3. The molecule has 1 atom stereocenters. The van der Waals surface area contributed by atoms with Crippen LogP contribution in [0.2, 0.25) is 0 Å². The second-order valence-electron chi connectivity index (χ2n) is 3.16. The van der Waals surface area contributed by atoms with Crippen molar-refractivity contribution in [2.75, 3.05) is 0 Å². The molecule has 0 aliphatic rings. The summed E-state index contributed by atoms with van der Waals surface area (Å²) in [6.07, 6.45) is 1.09. The number of aliphatic hydroxyl groups excluding tert-OH is 1. The van der Waals surface area contributed by atoms with Crippen molar-refractivity contribution in [2.24, 2.45) is 0 Å². The summed E-state index contributed by atoms with van der Waals surface area (Å²) in [6, 6.07) is 8.13. The van der Waals surface area contributed by atoms with Crippen molar-refractivity contribution in [3.8, 4) is 0 Å². The molecule has 1 rings (SSSR count). The Bertz CT molecular complexity index is 420. The Morgan fingerprint density at radius 1 is 1.33 bits per heavy atom. The maximum Gasteiger partial charge on any atom is 0.199 e. The molecular weight excluding hydrogens is 212 g/mol. The average Bonchev–Trinajstić information content (AvgIpc) is 2.27. The Kier molecular flexibility index (Phi) is 4.05. The standard InChI is InChI=1S/C11H14O3S/c1-2-10(12)8-9-15(13,14)11-6-4-3-5-7-11/h3-10,12H,2H2,1H3/b9-8+/t10-/m0/s1. The van der Waals surface area contributed by atoms with Gasteiger partial charge in [-0.15, -0.1) is 0 Å². The van der Waals surface area contributed by atoms with Gasteiger partial charge in [-0.2, -0.15) is 0 Å². The second kappa shape index (κ2) is 5.09. The highest BCUT2D eigenvalue weighted by atomic mass is 32.2. The zero-order valence-corrected chi connectivity index (χ0v) is 9.31. The number of benzene rings is 1. The van der Waals surface area contributed by atoms with Crippen LogP contribution >= 0.6 is 0 Å². The van der Waals surface area contributed by atoms with Crippen LogP contribution in [0.4, 0.5) is 0 Å². The molecule has 0 amide bonds. The average molecular weight is 226 g/mol. The summed E-state index contributed by atoms with van der Waals surface area (Å²) in [4.78, 5) is 0.240. The van der Waals surface area contributed by atoms with Crippen molar-refractivity contribution in [1.82, 2.24) is 0 Å². The van der Waals surface area contributed by atoms with Gasteiger partial charge in [-0.1, -0.05) is 25.1 Å². The summed E-state index contributed by atoms with van der Waals surface area (Å²) >= 11 is 0. The molecule has 0 unspecified atom stereocenters. The van der Waals surface area contributed by atoms with Gasteiger partial charge in [0.15, 0.2) is 9.84 Å². The SMILES string of the molecule is CC[C@H](O)/C=C/S(=O)(=O)c1ccccc1. The topological polar surface area (TPSA) is 54.4 Å². The summed E-state index contributed by atoms with van der Waals surface area (Å²) in [5, 5.41) is 10.3. The van der Waals surface area contributed by atoms with Crippen LogP contribution in [0, 0.1) is 0 Å². The predicted octanol–water partition coefficient (Wildman–Crippen LogP) is 1.74. The third-order valence-electron chi connectivity index (χ3n) is 1.97. The molecule has 0 bridgehead atoms. The lowest BCUT2D eigenvalue weighted by molar-refractivity contribution is 0.219. The highest BCUT2D eigenvalue weighted by molar-refractivity contribution is 7.94. The first-order valence-corrected chi connectivity index (χ1v) is 6.27. The number of sulfone groups is 1. The van der Waals surface area contributed by atoms with Gasteiger partial charge in [0, 0.05) is 5.41 Å². The first-order chi connectivity index (χ1) is 7.06. The number of aliphatic hydroxyl groups is 1. The summed E-state index contributed by atoms with van der Waals surface area (Å²) in [5.74, 6) is 0. The molecule has 1 aromatic carbocycles. The van der Waals surface area contributed by atoms with Gasteiger partial charge < -0.3 is 5.11 Å². The van der Waals surface area contributed by atoms with Gasteiger partial charge in [0.1, 0.15) is 0 Å². The fourth-order valence-electron chi connectivity index (χ4n) is 1.02. The van der Waals surface area contributed by atoms with E-state index < -0.39 is 15.9 Å². The van der Waals surface area contributed by atoms with Crippen molar-refractivity contribution in [1.29, 1.82) is 0 Å². The van der Waals surface area contributed by atoms with Gasteiger partial charge in [-0.3, -0.25) is 0 Å². The molecule has 0 spiro atoms. The summed E-state index contributed by atoms with van der Waals surface area (Å²) in [5.41, 5.74) is 0. The van der Waals surface area contributed by atoms with Gasteiger partial charge in [0.05, 0.1) is 11.0 Å². The molecule has 0 saturated heterocycles. The molecule has 0 fully saturated rings. The number of hydrogen-bond donors (Lipinski definition) is 1. The van der Waals surface area contributed by atoms with E-state index in [1.54, 1.807) is 25.1 Å². The van der Waals surface area contributed by atoms with Crippen LogP contribution < -0.4 is 0 Å². The molecule has 4 heteroatoms. The Hall–Kier alpha value is -1.13. The van der Waals surface area contributed by atoms with Crippen LogP contribution in [-0.4, -0.2) is 19.6 Å². The zero-order valence-electron chi connectivity index (χ0n) is 8.50. The molecule has 0 aliphatic heterocycles. The molecule has 0 radical (unpaired) electrons. The molecule has 82 valence electrons. The van der Waals surface area contributed by atoms with Crippen molar-refractivity contribution in [2.45, 2.75) is 24.3 Å². The molecule has 0 heterocycles. The third-order valence-corrected chi connectivity index (χ3v) is 3.41. The minimum Gasteiger partial charge on any atom is -0.389 e. The van der Waals surface area contributed by atoms with E-state index in [4.69, 9.17) is 0 Å². The Morgan fingerprint density at radius 3 is 2.47 bits per heavy atom. The van der Waals surface area contributed by atoms with Crippen LogP contribution in [0.15, 0.2) is 46.7 Å². The predicted molar refractivity (Wildman–Crippen MR) is 59.1 cm³/mol. The van der Waals surface area contributed by atoms with Crippen molar-refractivity contribution < 1.29 is 13.5 Å². The first-order valence-electron chi connectivity index (χ1n) is 4.72. The van der Waals surface area contributed by atoms with Crippen LogP contribution in [0.1, 0.15) is 13.3 Å². The Balaban J connectivity index is 2.91. The van der Waals surface area contributed by atoms with Crippen LogP contribution in [-0.2, 0) is 9.84 Å². The van der Waals surface area contributed by atoms with Gasteiger partial charge in [0.25, 0.3) is 0 Å². The van der Waals surface area contributed by atoms with Gasteiger partial charge in [-0.05, 0) is 24.6 Å². The lowest BCUT2D eigenvalue weighted by atomic mass is 10.3. The van der Waals surface area contributed by atoms with Crippen LogP contribution in [0.25, 0.3) is 0 Å². The van der Waals surface area contributed by atoms with E-state index in [0.717, 1.165) is 5.41 Å². The molecule has 0 saturated carbocycles. The maximum atomic E-state index is 11.7. The van der Waals surface area contributed by atoms with E-state index >= 15 is 0 Å². The molecule has 1 N–H and O–H groups in total. The zero-order chi connectivity index (χ0) is 11.3. The van der Waals surface area contributed by atoms with Crippen LogP contribution in [0.5, 0.6) is 0 Å². The molecule has 15 heavy (non-hydrogen) atoms. The maximum absolute atomic E-state index is 11.7. The van der Waals surface area contributed by atoms with E-state index in [1.807, 2.05) is 0 Å². The quantitative estimate of drug-likeness (QED) is 0.851. The largest absolute Gasteiger partial charge is 0.389 e. The highest BCUT2D eigenvalue weighted by Crippen LogP contribution is 2.11. The Morgan fingerprint density at radius 2 is 1.93 bits per heavy atom. The van der Waals surface area contributed by atoms with Crippen molar-refractivity contribution in [3.63, 3.8) is 0 Å². The number of hydrogen-bond acceptors (Lipinski definition) is 3. The van der Waals surface area contributed by atoms with Crippen LogP contribution in [0.3, 0.4) is 0 Å². The van der Waals surface area contributed by atoms with Gasteiger partial charge >= 0.3 is 0 Å². The van der Waals surface area contributed by atoms with E-state index in [2.05, 4.69) is 0 Å². The minimum atomic E-state index is -3.41. The Labute approximate surface area is 90.0 Å². The van der Waals surface area contributed by atoms with Gasteiger partial charge in [0.2, 0.25) is 0 Å². The first kappa shape index (κ1) is 11.9. The smallest absolute Gasteiger partial charge is 0.199 e. The summed E-state index contributed by atoms with van der Waals surface area (Å²) in [6.45, 7) is 1.78. The highest BCUT2D eigenvalue weighted by Gasteiger charge is 2.09. The fraction of sp³-hybridized carbons (Fsp3) is 0.273. The molecule has 1 aromatic rings. The van der Waals surface area contributed by atoms with E-state index in [1.165, 1.54) is 18.2 Å². The fourth-order valence-corrected chi connectivity index (χ4v) is 2.10. The molecule has 0 aromatic heterocycles. The molecule has 0 aliphatic carbocycles. The molecule has 3 nitrogen and oxygen atoms in total. The second-order valence-corrected chi connectivity index (χ2v) is 5.00. The number of rotatable bonds is 4. The summed E-state index contributed by atoms with van der Waals surface area (Å²) in [7, 11) is -3.41. The van der Waals surface area contributed by atoms with E-state index in [-0.39, 0.29) is 4.90 Å². The van der Waals surface area contributed by atoms with E-state index in [9.17, 15) is 13.5 Å². The minimum absolute atomic E-state index is 0.240. The van der Waals surface area contributed by atoms with E-state index in [0.29, 0.717) is 6.42 Å². The molecular formula is C11H14O3S. The van der Waals surface area contributed by atoms with Gasteiger partial charge in [-0.25, -0.2) is 8.42 Å². The third kappa shape index (κ3) is 3.49. The van der Waals surface area contributed by atoms with Crippen molar-refractivity contribution in [3.05, 3.63) is 41.8 Å². The summed E-state index contributed by atoms with van der Waals surface area (Å²) < 4.78 is 23.3. The lowest BCUT2D eigenvalue weighted by Crippen LogP contribution is -2.02. The monoisotopic (exact) mass is 226 g/mol. The lowest BCUT2D eigenvalue weighted by Gasteiger charge is -2.00. The van der Waals surface area contributed by atoms with Crippen molar-refractivity contribution >= 4 is 9.84 Å².